The number of aryl methyl sites for hydroxylation is 1. The zero-order chi connectivity index (χ0) is 17.7. The number of nitrogens with zero attached hydrogens (tertiary/aromatic N) is 2. The van der Waals surface area contributed by atoms with Gasteiger partial charge < -0.3 is 10.2 Å². The highest BCUT2D eigenvalue weighted by molar-refractivity contribution is 6.31. The number of carbonyl (C=O) groups excluding carboxylic acids is 2. The average Bonchev–Trinajstić information content (AvgIpc) is 2.59. The van der Waals surface area contributed by atoms with Crippen molar-refractivity contribution in [1.82, 2.24) is 9.88 Å². The van der Waals surface area contributed by atoms with Crippen LogP contribution in [0.15, 0.2) is 36.7 Å². The maximum Gasteiger partial charge on any atom is 0.257 e. The number of carbonyl (C=O) groups is 2. The van der Waals surface area contributed by atoms with Crippen molar-refractivity contribution in [2.24, 2.45) is 0 Å². The molecule has 0 saturated carbocycles. The van der Waals surface area contributed by atoms with Crippen LogP contribution in [0.2, 0.25) is 5.02 Å². The van der Waals surface area contributed by atoms with E-state index in [0.717, 1.165) is 5.56 Å². The van der Waals surface area contributed by atoms with Gasteiger partial charge in [-0.25, -0.2) is 0 Å². The zero-order valence-electron chi connectivity index (χ0n) is 14.0. The standard InChI is InChI=1S/C18H20ClN3O2/c1-4-22(5-2)18(24)14-8-13(10-20-11-14)17(23)21-15-7-6-12(3)16(19)9-15/h6-11H,4-5H2,1-3H3,(H,21,23). The molecule has 2 aromatic rings. The summed E-state index contributed by atoms with van der Waals surface area (Å²) in [5.41, 5.74) is 2.25. The van der Waals surface area contributed by atoms with E-state index in [0.29, 0.717) is 34.9 Å². The maximum atomic E-state index is 12.4. The van der Waals surface area contributed by atoms with Crippen LogP contribution in [0.25, 0.3) is 0 Å². The predicted octanol–water partition coefficient (Wildman–Crippen LogP) is 3.78. The lowest BCUT2D eigenvalue weighted by molar-refractivity contribution is 0.0772. The van der Waals surface area contributed by atoms with Crippen LogP contribution in [0.5, 0.6) is 0 Å². The fraction of sp³-hybridized carbons (Fsp3) is 0.278. The van der Waals surface area contributed by atoms with Crippen LogP contribution in [-0.2, 0) is 0 Å². The Morgan fingerprint density at radius 1 is 1.12 bits per heavy atom. The highest BCUT2D eigenvalue weighted by Gasteiger charge is 2.15. The van der Waals surface area contributed by atoms with Crippen LogP contribution in [0.4, 0.5) is 5.69 Å². The first kappa shape index (κ1) is 17.9. The second kappa shape index (κ2) is 7.93. The Labute approximate surface area is 146 Å². The Morgan fingerprint density at radius 3 is 2.42 bits per heavy atom. The summed E-state index contributed by atoms with van der Waals surface area (Å²) in [7, 11) is 0. The quantitative estimate of drug-likeness (QED) is 0.897. The van der Waals surface area contributed by atoms with Crippen LogP contribution in [0.1, 0.15) is 40.1 Å². The molecule has 6 heteroatoms. The van der Waals surface area contributed by atoms with Gasteiger partial charge in [0.2, 0.25) is 0 Å². The van der Waals surface area contributed by atoms with Crippen LogP contribution in [0.3, 0.4) is 0 Å². The van der Waals surface area contributed by atoms with Crippen LogP contribution >= 0.6 is 11.6 Å². The molecule has 0 aliphatic heterocycles. The molecule has 2 rings (SSSR count). The molecular formula is C18H20ClN3O2. The molecular weight excluding hydrogens is 326 g/mol. The maximum absolute atomic E-state index is 12.4. The number of hydrogen-bond acceptors (Lipinski definition) is 3. The van der Waals surface area contributed by atoms with Gasteiger partial charge in [0.1, 0.15) is 0 Å². The minimum atomic E-state index is -0.336. The second-order valence-electron chi connectivity index (χ2n) is 5.36. The lowest BCUT2D eigenvalue weighted by Crippen LogP contribution is -2.30. The van der Waals surface area contributed by atoms with Gasteiger partial charge in [0, 0.05) is 36.2 Å². The minimum Gasteiger partial charge on any atom is -0.339 e. The molecule has 1 heterocycles. The van der Waals surface area contributed by atoms with Gasteiger partial charge in [-0.05, 0) is 44.5 Å². The largest absolute Gasteiger partial charge is 0.339 e. The summed E-state index contributed by atoms with van der Waals surface area (Å²) in [5.74, 6) is -0.475. The number of benzene rings is 1. The molecule has 0 radical (unpaired) electrons. The monoisotopic (exact) mass is 345 g/mol. The summed E-state index contributed by atoms with van der Waals surface area (Å²) in [6, 6.07) is 6.85. The Kier molecular flexibility index (Phi) is 5.93. The Hall–Kier alpha value is -2.40. The second-order valence-corrected chi connectivity index (χ2v) is 5.77. The molecule has 0 spiro atoms. The molecule has 1 N–H and O–H groups in total. The third-order valence-electron chi connectivity index (χ3n) is 3.73. The summed E-state index contributed by atoms with van der Waals surface area (Å²) >= 11 is 6.06. The third kappa shape index (κ3) is 4.11. The Bertz CT molecular complexity index is 758. The van der Waals surface area contributed by atoms with E-state index in [-0.39, 0.29) is 11.8 Å². The fourth-order valence-corrected chi connectivity index (χ4v) is 2.43. The van der Waals surface area contributed by atoms with Gasteiger partial charge in [0.15, 0.2) is 0 Å². The van der Waals surface area contributed by atoms with Crippen molar-refractivity contribution >= 4 is 29.1 Å². The molecule has 0 saturated heterocycles. The molecule has 0 aliphatic rings. The predicted molar refractivity (Wildman–Crippen MR) is 95.6 cm³/mol. The van der Waals surface area contributed by atoms with E-state index < -0.39 is 0 Å². The number of halogens is 1. The average molecular weight is 346 g/mol. The molecule has 1 aromatic heterocycles. The highest BCUT2D eigenvalue weighted by atomic mass is 35.5. The van der Waals surface area contributed by atoms with E-state index in [1.165, 1.54) is 12.4 Å². The first-order valence-electron chi connectivity index (χ1n) is 7.78. The first-order chi connectivity index (χ1) is 11.5. The number of anilines is 1. The number of pyridine rings is 1. The van der Waals surface area contributed by atoms with Crippen molar-refractivity contribution in [2.75, 3.05) is 18.4 Å². The molecule has 1 aromatic carbocycles. The molecule has 0 fully saturated rings. The van der Waals surface area contributed by atoms with Crippen molar-refractivity contribution in [2.45, 2.75) is 20.8 Å². The van der Waals surface area contributed by atoms with Gasteiger partial charge >= 0.3 is 0 Å². The Balaban J connectivity index is 2.19. The fourth-order valence-electron chi connectivity index (χ4n) is 2.25. The van der Waals surface area contributed by atoms with Gasteiger partial charge in [-0.15, -0.1) is 0 Å². The van der Waals surface area contributed by atoms with Gasteiger partial charge in [0.05, 0.1) is 11.1 Å². The molecule has 2 amide bonds. The smallest absolute Gasteiger partial charge is 0.257 e. The summed E-state index contributed by atoms with van der Waals surface area (Å²) in [6.07, 6.45) is 2.91. The van der Waals surface area contributed by atoms with E-state index in [1.54, 1.807) is 23.1 Å². The van der Waals surface area contributed by atoms with E-state index in [9.17, 15) is 9.59 Å². The zero-order valence-corrected chi connectivity index (χ0v) is 14.7. The lowest BCUT2D eigenvalue weighted by atomic mass is 10.1. The summed E-state index contributed by atoms with van der Waals surface area (Å²) < 4.78 is 0. The van der Waals surface area contributed by atoms with Gasteiger partial charge in [-0.3, -0.25) is 14.6 Å². The van der Waals surface area contributed by atoms with Crippen molar-refractivity contribution in [3.63, 3.8) is 0 Å². The molecule has 5 nitrogen and oxygen atoms in total. The topological polar surface area (TPSA) is 62.3 Å². The number of nitrogens with one attached hydrogen (secondary N) is 1. The molecule has 0 bridgehead atoms. The van der Waals surface area contributed by atoms with E-state index in [2.05, 4.69) is 10.3 Å². The molecule has 0 aliphatic carbocycles. The lowest BCUT2D eigenvalue weighted by Gasteiger charge is -2.18. The van der Waals surface area contributed by atoms with Crippen molar-refractivity contribution in [3.8, 4) is 0 Å². The SMILES string of the molecule is CCN(CC)C(=O)c1cncc(C(=O)Nc2ccc(C)c(Cl)c2)c1. The van der Waals surface area contributed by atoms with Crippen LogP contribution in [-0.4, -0.2) is 34.8 Å². The van der Waals surface area contributed by atoms with Crippen molar-refractivity contribution < 1.29 is 9.59 Å². The van der Waals surface area contributed by atoms with Crippen molar-refractivity contribution in [3.05, 3.63) is 58.4 Å². The van der Waals surface area contributed by atoms with Gasteiger partial charge in [-0.2, -0.15) is 0 Å². The van der Waals surface area contributed by atoms with E-state index in [4.69, 9.17) is 11.6 Å². The third-order valence-corrected chi connectivity index (χ3v) is 4.13. The van der Waals surface area contributed by atoms with E-state index >= 15 is 0 Å². The number of rotatable bonds is 5. The summed E-state index contributed by atoms with van der Waals surface area (Å²) in [5, 5.41) is 3.34. The molecule has 24 heavy (non-hydrogen) atoms. The molecule has 0 atom stereocenters. The highest BCUT2D eigenvalue weighted by Crippen LogP contribution is 2.20. The normalized spacial score (nSPS) is 10.3. The summed E-state index contributed by atoms with van der Waals surface area (Å²) in [6.45, 7) is 6.92. The van der Waals surface area contributed by atoms with Crippen molar-refractivity contribution in [1.29, 1.82) is 0 Å². The number of aromatic nitrogens is 1. The molecule has 126 valence electrons. The van der Waals surface area contributed by atoms with Crippen LogP contribution in [0, 0.1) is 6.92 Å². The number of hydrogen-bond donors (Lipinski definition) is 1. The number of amides is 2. The van der Waals surface area contributed by atoms with Gasteiger partial charge in [0.25, 0.3) is 11.8 Å². The first-order valence-corrected chi connectivity index (χ1v) is 8.15. The van der Waals surface area contributed by atoms with Gasteiger partial charge in [-0.1, -0.05) is 17.7 Å². The minimum absolute atomic E-state index is 0.138. The van der Waals surface area contributed by atoms with Crippen LogP contribution < -0.4 is 5.32 Å². The molecule has 0 unspecified atom stereocenters. The van der Waals surface area contributed by atoms with E-state index in [1.807, 2.05) is 26.8 Å². The Morgan fingerprint density at radius 2 is 1.79 bits per heavy atom. The summed E-state index contributed by atoms with van der Waals surface area (Å²) in [4.78, 5) is 30.4.